The molecule has 0 radical (unpaired) electrons. The van der Waals surface area contributed by atoms with E-state index in [0.29, 0.717) is 5.75 Å². The average molecular weight is 343 g/mol. The molecule has 0 aromatic heterocycles. The molecule has 5 heteroatoms. The molecule has 0 bridgehead atoms. The third-order valence-corrected chi connectivity index (χ3v) is 3.67. The largest absolute Gasteiger partial charge is 0.483 e. The van der Waals surface area contributed by atoms with Crippen LogP contribution in [0.5, 0.6) is 5.75 Å². The predicted molar refractivity (Wildman–Crippen MR) is 84.8 cm³/mol. The minimum atomic E-state index is -0.139. The summed E-state index contributed by atoms with van der Waals surface area (Å²) in [5.74, 6) is 0.545. The Morgan fingerprint density at radius 1 is 1.40 bits per heavy atom. The lowest BCUT2D eigenvalue weighted by Crippen LogP contribution is -2.37. The van der Waals surface area contributed by atoms with E-state index in [-0.39, 0.29) is 24.6 Å². The molecule has 1 rings (SSSR count). The zero-order chi connectivity index (χ0) is 15.1. The van der Waals surface area contributed by atoms with Gasteiger partial charge in [-0.15, -0.1) is 0 Å². The molecule has 0 heterocycles. The van der Waals surface area contributed by atoms with E-state index in [4.69, 9.17) is 10.5 Å². The maximum Gasteiger partial charge on any atom is 0.258 e. The summed E-state index contributed by atoms with van der Waals surface area (Å²) in [6.45, 7) is 6.00. The fourth-order valence-electron chi connectivity index (χ4n) is 1.91. The van der Waals surface area contributed by atoms with Crippen LogP contribution in [0.4, 0.5) is 0 Å². The molecule has 0 spiro atoms. The predicted octanol–water partition coefficient (Wildman–Crippen LogP) is 3.15. The van der Waals surface area contributed by atoms with Crippen molar-refractivity contribution in [2.45, 2.75) is 45.7 Å². The number of hydrogen-bond acceptors (Lipinski definition) is 3. The molecule has 4 nitrogen and oxygen atoms in total. The van der Waals surface area contributed by atoms with E-state index in [0.717, 1.165) is 22.9 Å². The number of benzene rings is 1. The van der Waals surface area contributed by atoms with Gasteiger partial charge in [0.25, 0.3) is 5.91 Å². The molecular formula is C15H23BrN2O2. The number of ether oxygens (including phenoxy) is 1. The first-order chi connectivity index (χ1) is 9.47. The molecule has 0 aliphatic rings. The second-order valence-corrected chi connectivity index (χ2v) is 5.76. The van der Waals surface area contributed by atoms with E-state index in [1.165, 1.54) is 0 Å². The average Bonchev–Trinajstić information content (AvgIpc) is 2.42. The van der Waals surface area contributed by atoms with Gasteiger partial charge in [0.15, 0.2) is 6.61 Å². The van der Waals surface area contributed by atoms with Gasteiger partial charge in [0, 0.05) is 22.1 Å². The van der Waals surface area contributed by atoms with Gasteiger partial charge < -0.3 is 15.8 Å². The van der Waals surface area contributed by atoms with Crippen LogP contribution in [0.25, 0.3) is 0 Å². The Morgan fingerprint density at radius 2 is 2.05 bits per heavy atom. The van der Waals surface area contributed by atoms with Crippen molar-refractivity contribution in [2.24, 2.45) is 5.73 Å². The van der Waals surface area contributed by atoms with E-state index >= 15 is 0 Å². The van der Waals surface area contributed by atoms with E-state index < -0.39 is 0 Å². The maximum atomic E-state index is 11.8. The number of rotatable bonds is 7. The molecule has 0 saturated carbocycles. The van der Waals surface area contributed by atoms with Crippen molar-refractivity contribution in [1.29, 1.82) is 0 Å². The Bertz CT molecular complexity index is 445. The van der Waals surface area contributed by atoms with Crippen LogP contribution in [-0.4, -0.2) is 18.6 Å². The van der Waals surface area contributed by atoms with Gasteiger partial charge in [-0.1, -0.05) is 35.8 Å². The highest BCUT2D eigenvalue weighted by Crippen LogP contribution is 2.27. The van der Waals surface area contributed by atoms with Gasteiger partial charge in [-0.2, -0.15) is 0 Å². The first-order valence-electron chi connectivity index (χ1n) is 6.95. The summed E-state index contributed by atoms with van der Waals surface area (Å²) in [5.41, 5.74) is 6.79. The zero-order valence-electron chi connectivity index (χ0n) is 12.3. The maximum absolute atomic E-state index is 11.8. The van der Waals surface area contributed by atoms with Crippen molar-refractivity contribution < 1.29 is 9.53 Å². The number of nitrogens with two attached hydrogens (primary N) is 1. The van der Waals surface area contributed by atoms with Crippen LogP contribution in [0.2, 0.25) is 0 Å². The number of carbonyl (C=O) groups is 1. The van der Waals surface area contributed by atoms with Crippen LogP contribution in [0, 0.1) is 0 Å². The summed E-state index contributed by atoms with van der Waals surface area (Å²) < 4.78 is 6.51. The Labute approximate surface area is 129 Å². The Morgan fingerprint density at radius 3 is 2.60 bits per heavy atom. The summed E-state index contributed by atoms with van der Waals surface area (Å²) in [6, 6.07) is 5.73. The summed E-state index contributed by atoms with van der Waals surface area (Å²) in [5, 5.41) is 2.94. The van der Waals surface area contributed by atoms with Crippen molar-refractivity contribution in [3.8, 4) is 5.75 Å². The quantitative estimate of drug-likeness (QED) is 0.799. The third-order valence-electron chi connectivity index (χ3n) is 3.18. The first kappa shape index (κ1) is 17.0. The standard InChI is InChI=1S/C15H23BrN2O2/c1-4-12(5-2)18-15(19)9-20-14-8-11(16)6-7-13(14)10(3)17/h6-8,10,12H,4-5,9,17H2,1-3H3,(H,18,19)/t10-/m1/s1. The highest BCUT2D eigenvalue weighted by molar-refractivity contribution is 9.10. The fraction of sp³-hybridized carbons (Fsp3) is 0.533. The van der Waals surface area contributed by atoms with Crippen molar-refractivity contribution in [3.05, 3.63) is 28.2 Å². The lowest BCUT2D eigenvalue weighted by atomic mass is 10.1. The second kappa shape index (κ2) is 8.27. The summed E-state index contributed by atoms with van der Waals surface area (Å²) >= 11 is 3.39. The number of carbonyl (C=O) groups excluding carboxylic acids is 1. The minimum Gasteiger partial charge on any atom is -0.483 e. The molecule has 1 amide bonds. The summed E-state index contributed by atoms with van der Waals surface area (Å²) in [7, 11) is 0. The molecule has 1 atom stereocenters. The number of amides is 1. The number of halogens is 1. The van der Waals surface area contributed by atoms with Gasteiger partial charge in [-0.3, -0.25) is 4.79 Å². The van der Waals surface area contributed by atoms with E-state index in [1.807, 2.05) is 25.1 Å². The van der Waals surface area contributed by atoms with Gasteiger partial charge >= 0.3 is 0 Å². The third kappa shape index (κ3) is 5.13. The van der Waals surface area contributed by atoms with Crippen LogP contribution in [0.15, 0.2) is 22.7 Å². The van der Waals surface area contributed by atoms with E-state index in [9.17, 15) is 4.79 Å². The normalized spacial score (nSPS) is 12.3. The zero-order valence-corrected chi connectivity index (χ0v) is 13.9. The molecule has 0 aliphatic heterocycles. The summed E-state index contributed by atoms with van der Waals surface area (Å²) in [4.78, 5) is 11.8. The lowest BCUT2D eigenvalue weighted by Gasteiger charge is -2.17. The van der Waals surface area contributed by atoms with Crippen LogP contribution in [-0.2, 0) is 4.79 Å². The van der Waals surface area contributed by atoms with Crippen LogP contribution < -0.4 is 15.8 Å². The Hall–Kier alpha value is -1.07. The van der Waals surface area contributed by atoms with Crippen molar-refractivity contribution in [1.82, 2.24) is 5.32 Å². The molecule has 0 saturated heterocycles. The van der Waals surface area contributed by atoms with Gasteiger partial charge in [-0.05, 0) is 31.9 Å². The van der Waals surface area contributed by atoms with Crippen molar-refractivity contribution >= 4 is 21.8 Å². The van der Waals surface area contributed by atoms with Gasteiger partial charge in [0.1, 0.15) is 5.75 Å². The minimum absolute atomic E-state index is 0.00662. The van der Waals surface area contributed by atoms with E-state index in [2.05, 4.69) is 35.1 Å². The summed E-state index contributed by atoms with van der Waals surface area (Å²) in [6.07, 6.45) is 1.84. The van der Waals surface area contributed by atoms with Crippen LogP contribution in [0.3, 0.4) is 0 Å². The lowest BCUT2D eigenvalue weighted by molar-refractivity contribution is -0.123. The van der Waals surface area contributed by atoms with Crippen LogP contribution in [0.1, 0.15) is 45.2 Å². The smallest absolute Gasteiger partial charge is 0.258 e. The monoisotopic (exact) mass is 342 g/mol. The molecule has 0 unspecified atom stereocenters. The topological polar surface area (TPSA) is 64.3 Å². The molecule has 0 fully saturated rings. The fourth-order valence-corrected chi connectivity index (χ4v) is 2.25. The first-order valence-corrected chi connectivity index (χ1v) is 7.74. The van der Waals surface area contributed by atoms with Gasteiger partial charge in [-0.25, -0.2) is 0 Å². The van der Waals surface area contributed by atoms with Crippen LogP contribution >= 0.6 is 15.9 Å². The SMILES string of the molecule is CCC(CC)NC(=O)COc1cc(Br)ccc1[C@@H](C)N. The molecule has 20 heavy (non-hydrogen) atoms. The van der Waals surface area contributed by atoms with Gasteiger partial charge in [0.05, 0.1) is 0 Å². The van der Waals surface area contributed by atoms with Crippen molar-refractivity contribution in [3.63, 3.8) is 0 Å². The van der Waals surface area contributed by atoms with E-state index in [1.54, 1.807) is 0 Å². The Kier molecular flexibility index (Phi) is 7.02. The molecule has 1 aromatic rings. The Balaban J connectivity index is 2.65. The van der Waals surface area contributed by atoms with Gasteiger partial charge in [0.2, 0.25) is 0 Å². The molecular weight excluding hydrogens is 320 g/mol. The highest BCUT2D eigenvalue weighted by Gasteiger charge is 2.12. The number of hydrogen-bond donors (Lipinski definition) is 2. The van der Waals surface area contributed by atoms with Crippen molar-refractivity contribution in [2.75, 3.05) is 6.61 Å². The number of nitrogens with one attached hydrogen (secondary N) is 1. The molecule has 0 aliphatic carbocycles. The second-order valence-electron chi connectivity index (χ2n) is 4.84. The highest BCUT2D eigenvalue weighted by atomic mass is 79.9. The molecule has 3 N–H and O–H groups in total. The molecule has 112 valence electrons. The molecule has 1 aromatic carbocycles.